The van der Waals surface area contributed by atoms with Gasteiger partial charge in [-0.15, -0.1) is 0 Å². The normalized spacial score (nSPS) is 10.8. The lowest BCUT2D eigenvalue weighted by Gasteiger charge is -2.13. The third-order valence-corrected chi connectivity index (χ3v) is 3.35. The number of hydrogen-bond acceptors (Lipinski definition) is 4. The largest absolute Gasteiger partial charge is 0.490 e. The van der Waals surface area contributed by atoms with E-state index < -0.39 is 0 Å². The van der Waals surface area contributed by atoms with Crippen molar-refractivity contribution in [1.29, 1.82) is 0 Å². The van der Waals surface area contributed by atoms with Crippen molar-refractivity contribution in [2.75, 3.05) is 40.1 Å². The first-order chi connectivity index (χ1) is 9.79. The maximum absolute atomic E-state index is 5.83. The van der Waals surface area contributed by atoms with Crippen LogP contribution in [0.25, 0.3) is 0 Å². The van der Waals surface area contributed by atoms with Crippen molar-refractivity contribution < 1.29 is 14.2 Å². The minimum absolute atomic E-state index is 0.550. The summed E-state index contributed by atoms with van der Waals surface area (Å²) >= 11 is 3.53. The van der Waals surface area contributed by atoms with E-state index in [9.17, 15) is 0 Å². The maximum Gasteiger partial charge on any atom is 0.138 e. The molecule has 1 N–H and O–H groups in total. The fourth-order valence-corrected chi connectivity index (χ4v) is 2.25. The quantitative estimate of drug-likeness (QED) is 0.626. The Morgan fingerprint density at radius 2 is 2.00 bits per heavy atom. The van der Waals surface area contributed by atoms with Gasteiger partial charge in [-0.2, -0.15) is 0 Å². The van der Waals surface area contributed by atoms with Crippen LogP contribution in [0.1, 0.15) is 18.9 Å². The second-order valence-corrected chi connectivity index (χ2v) is 5.17. The van der Waals surface area contributed by atoms with E-state index in [4.69, 9.17) is 14.2 Å². The maximum atomic E-state index is 5.83. The summed E-state index contributed by atoms with van der Waals surface area (Å²) in [5.74, 6) is 0.897. The van der Waals surface area contributed by atoms with E-state index in [-0.39, 0.29) is 0 Å². The second-order valence-electron chi connectivity index (χ2n) is 4.32. The zero-order valence-corrected chi connectivity index (χ0v) is 13.9. The Bertz CT molecular complexity index is 374. The molecule has 20 heavy (non-hydrogen) atoms. The molecule has 0 saturated carbocycles. The van der Waals surface area contributed by atoms with Crippen LogP contribution in [-0.4, -0.2) is 40.1 Å². The lowest BCUT2D eigenvalue weighted by Crippen LogP contribution is -2.14. The molecule has 0 amide bonds. The molecule has 0 heterocycles. The van der Waals surface area contributed by atoms with Crippen LogP contribution in [0.3, 0.4) is 0 Å². The first-order valence-corrected chi connectivity index (χ1v) is 7.76. The monoisotopic (exact) mass is 345 g/mol. The third kappa shape index (κ3) is 6.70. The summed E-state index contributed by atoms with van der Waals surface area (Å²) in [6, 6.07) is 6.08. The Kier molecular flexibility index (Phi) is 9.66. The molecule has 114 valence electrons. The molecule has 1 rings (SSSR count). The fraction of sp³-hybridized carbons (Fsp3) is 0.600. The van der Waals surface area contributed by atoms with Gasteiger partial charge in [-0.25, -0.2) is 0 Å². The molecule has 5 heteroatoms. The molecule has 0 aliphatic heterocycles. The van der Waals surface area contributed by atoms with Gasteiger partial charge in [0.25, 0.3) is 0 Å². The van der Waals surface area contributed by atoms with Crippen LogP contribution in [0.4, 0.5) is 0 Å². The highest BCUT2D eigenvalue weighted by atomic mass is 79.9. The number of rotatable bonds is 11. The smallest absolute Gasteiger partial charge is 0.138 e. The third-order valence-electron chi connectivity index (χ3n) is 2.73. The zero-order chi connectivity index (χ0) is 14.6. The van der Waals surface area contributed by atoms with Crippen LogP contribution in [0, 0.1) is 0 Å². The van der Waals surface area contributed by atoms with Gasteiger partial charge in [0, 0.05) is 32.4 Å². The van der Waals surface area contributed by atoms with E-state index in [0.29, 0.717) is 19.8 Å². The van der Waals surface area contributed by atoms with Crippen molar-refractivity contribution in [2.45, 2.75) is 19.9 Å². The first kappa shape index (κ1) is 17.4. The second kappa shape index (κ2) is 11.1. The molecule has 0 saturated heterocycles. The molecule has 1 aromatic rings. The highest BCUT2D eigenvalue weighted by Gasteiger charge is 2.07. The average Bonchev–Trinajstić information content (AvgIpc) is 2.46. The van der Waals surface area contributed by atoms with Crippen LogP contribution in [0.2, 0.25) is 0 Å². The summed E-state index contributed by atoms with van der Waals surface area (Å²) in [4.78, 5) is 0. The first-order valence-electron chi connectivity index (χ1n) is 6.97. The zero-order valence-electron chi connectivity index (χ0n) is 12.3. The summed E-state index contributed by atoms with van der Waals surface area (Å²) in [5.41, 5.74) is 1.15. The molecule has 0 aliphatic carbocycles. The van der Waals surface area contributed by atoms with Crippen LogP contribution >= 0.6 is 15.9 Å². The molecular weight excluding hydrogens is 322 g/mol. The Morgan fingerprint density at radius 1 is 1.15 bits per heavy atom. The number of ether oxygens (including phenoxy) is 3. The summed E-state index contributed by atoms with van der Waals surface area (Å²) in [5, 5.41) is 3.31. The summed E-state index contributed by atoms with van der Waals surface area (Å²) in [6.45, 7) is 6.41. The van der Waals surface area contributed by atoms with Gasteiger partial charge in [0.05, 0.1) is 11.1 Å². The molecule has 0 radical (unpaired) electrons. The van der Waals surface area contributed by atoms with Crippen molar-refractivity contribution >= 4 is 15.9 Å². The summed E-state index contributed by atoms with van der Waals surface area (Å²) in [6.07, 6.45) is 0.914. The van der Waals surface area contributed by atoms with Gasteiger partial charge in [0.15, 0.2) is 0 Å². The lowest BCUT2D eigenvalue weighted by atomic mass is 10.2. The Labute approximate surface area is 129 Å². The predicted molar refractivity (Wildman–Crippen MR) is 84.3 cm³/mol. The lowest BCUT2D eigenvalue weighted by molar-refractivity contribution is 0.0802. The standard InChI is InChI=1S/C15H24BrNO3/c1-3-17-12-13-6-4-7-14(16)15(13)20-11-10-19-9-5-8-18-2/h4,6-7,17H,3,5,8-12H2,1-2H3. The SMILES string of the molecule is CCNCc1cccc(Br)c1OCCOCCCOC. The number of methoxy groups -OCH3 is 1. The number of halogens is 1. The van der Waals surface area contributed by atoms with Gasteiger partial charge in [-0.3, -0.25) is 0 Å². The van der Waals surface area contributed by atoms with E-state index in [1.807, 2.05) is 12.1 Å². The van der Waals surface area contributed by atoms with Gasteiger partial charge in [0.2, 0.25) is 0 Å². The molecular formula is C15H24BrNO3. The number of benzene rings is 1. The minimum Gasteiger partial charge on any atom is -0.490 e. The number of para-hydroxylation sites is 1. The Balaban J connectivity index is 2.34. The van der Waals surface area contributed by atoms with Gasteiger partial charge in [0.1, 0.15) is 12.4 Å². The van der Waals surface area contributed by atoms with E-state index in [1.165, 1.54) is 0 Å². The molecule has 0 spiro atoms. The number of nitrogens with one attached hydrogen (secondary N) is 1. The van der Waals surface area contributed by atoms with E-state index >= 15 is 0 Å². The molecule has 0 fully saturated rings. The average molecular weight is 346 g/mol. The van der Waals surface area contributed by atoms with E-state index in [2.05, 4.69) is 34.2 Å². The summed E-state index contributed by atoms with van der Waals surface area (Å²) < 4.78 is 17.3. The highest BCUT2D eigenvalue weighted by molar-refractivity contribution is 9.10. The molecule has 0 aliphatic rings. The topological polar surface area (TPSA) is 39.7 Å². The van der Waals surface area contributed by atoms with Crippen molar-refractivity contribution in [3.8, 4) is 5.75 Å². The fourth-order valence-electron chi connectivity index (χ4n) is 1.72. The van der Waals surface area contributed by atoms with Gasteiger partial charge < -0.3 is 19.5 Å². The summed E-state index contributed by atoms with van der Waals surface area (Å²) in [7, 11) is 1.70. The molecule has 0 aromatic heterocycles. The van der Waals surface area contributed by atoms with Crippen molar-refractivity contribution in [1.82, 2.24) is 5.32 Å². The molecule has 0 atom stereocenters. The van der Waals surface area contributed by atoms with Gasteiger partial charge in [-0.05, 0) is 35.0 Å². The Morgan fingerprint density at radius 3 is 2.75 bits per heavy atom. The van der Waals surface area contributed by atoms with Crippen molar-refractivity contribution in [2.24, 2.45) is 0 Å². The number of hydrogen-bond donors (Lipinski definition) is 1. The van der Waals surface area contributed by atoms with Gasteiger partial charge in [-0.1, -0.05) is 19.1 Å². The predicted octanol–water partition coefficient (Wildman–Crippen LogP) is 2.99. The molecule has 4 nitrogen and oxygen atoms in total. The molecule has 0 unspecified atom stereocenters. The van der Waals surface area contributed by atoms with Crippen molar-refractivity contribution in [3.05, 3.63) is 28.2 Å². The van der Waals surface area contributed by atoms with Crippen LogP contribution in [0.5, 0.6) is 5.75 Å². The van der Waals surface area contributed by atoms with Crippen LogP contribution < -0.4 is 10.1 Å². The van der Waals surface area contributed by atoms with Crippen LogP contribution in [-0.2, 0) is 16.0 Å². The van der Waals surface area contributed by atoms with Crippen molar-refractivity contribution in [3.63, 3.8) is 0 Å². The molecule has 0 bridgehead atoms. The molecule has 1 aromatic carbocycles. The van der Waals surface area contributed by atoms with E-state index in [0.717, 1.165) is 41.9 Å². The Hall–Kier alpha value is -0.620. The minimum atomic E-state index is 0.550. The van der Waals surface area contributed by atoms with Gasteiger partial charge >= 0.3 is 0 Å². The van der Waals surface area contributed by atoms with Crippen LogP contribution in [0.15, 0.2) is 22.7 Å². The highest BCUT2D eigenvalue weighted by Crippen LogP contribution is 2.29. The van der Waals surface area contributed by atoms with E-state index in [1.54, 1.807) is 7.11 Å².